The summed E-state index contributed by atoms with van der Waals surface area (Å²) >= 11 is 0. The molecule has 3 aromatic rings. The van der Waals surface area contributed by atoms with Gasteiger partial charge in [0.15, 0.2) is 0 Å². The number of aryl methyl sites for hydroxylation is 1. The van der Waals surface area contributed by atoms with Crippen LogP contribution in [0.4, 0.5) is 11.6 Å². The Labute approximate surface area is 140 Å². The number of nitrogens with zero attached hydrogens (tertiary/aromatic N) is 3. The molecular weight excluding hydrogens is 302 g/mol. The molecule has 2 aromatic heterocycles. The molecule has 0 spiro atoms. The summed E-state index contributed by atoms with van der Waals surface area (Å²) in [5.74, 6) is 0.111. The summed E-state index contributed by atoms with van der Waals surface area (Å²) in [5.41, 5.74) is 3.13. The fraction of sp³-hybridized carbons (Fsp3) is 0.111. The van der Waals surface area contributed by atoms with Gasteiger partial charge in [-0.15, -0.1) is 0 Å². The van der Waals surface area contributed by atoms with Crippen LogP contribution >= 0.6 is 0 Å². The van der Waals surface area contributed by atoms with E-state index >= 15 is 0 Å². The van der Waals surface area contributed by atoms with Crippen molar-refractivity contribution in [2.24, 2.45) is 0 Å². The lowest BCUT2D eigenvalue weighted by Crippen LogP contribution is -2.24. The highest BCUT2D eigenvalue weighted by Crippen LogP contribution is 2.13. The highest BCUT2D eigenvalue weighted by Gasteiger charge is 2.09. The third-order valence-electron chi connectivity index (χ3n) is 3.35. The van der Waals surface area contributed by atoms with Crippen LogP contribution in [0.5, 0.6) is 0 Å². The number of carbonyl (C=O) groups excluding carboxylic acids is 1. The number of pyridine rings is 1. The lowest BCUT2D eigenvalue weighted by atomic mass is 10.2. The van der Waals surface area contributed by atoms with Gasteiger partial charge in [-0.1, -0.05) is 23.8 Å². The maximum atomic E-state index is 12.2. The van der Waals surface area contributed by atoms with Crippen molar-refractivity contribution >= 4 is 17.5 Å². The van der Waals surface area contributed by atoms with Gasteiger partial charge in [0.1, 0.15) is 5.69 Å². The van der Waals surface area contributed by atoms with Crippen LogP contribution in [0.15, 0.2) is 60.9 Å². The van der Waals surface area contributed by atoms with E-state index in [1.165, 1.54) is 5.56 Å². The Morgan fingerprint density at radius 2 is 1.83 bits per heavy atom. The molecule has 24 heavy (non-hydrogen) atoms. The number of benzene rings is 1. The lowest BCUT2D eigenvalue weighted by Gasteiger charge is -2.07. The van der Waals surface area contributed by atoms with Gasteiger partial charge in [0.2, 0.25) is 5.95 Å². The highest BCUT2D eigenvalue weighted by atomic mass is 16.1. The maximum Gasteiger partial charge on any atom is 0.270 e. The topological polar surface area (TPSA) is 79.8 Å². The summed E-state index contributed by atoms with van der Waals surface area (Å²) in [7, 11) is 0. The van der Waals surface area contributed by atoms with Crippen LogP contribution in [0.25, 0.3) is 0 Å². The van der Waals surface area contributed by atoms with Crippen molar-refractivity contribution in [2.45, 2.75) is 13.5 Å². The average molecular weight is 319 g/mol. The Morgan fingerprint density at radius 3 is 2.58 bits per heavy atom. The van der Waals surface area contributed by atoms with Crippen molar-refractivity contribution < 1.29 is 4.79 Å². The average Bonchev–Trinajstić information content (AvgIpc) is 2.63. The van der Waals surface area contributed by atoms with Crippen LogP contribution in [0, 0.1) is 6.92 Å². The molecule has 0 atom stereocenters. The first-order valence-electron chi connectivity index (χ1n) is 7.55. The summed E-state index contributed by atoms with van der Waals surface area (Å²) in [6, 6.07) is 15.0. The van der Waals surface area contributed by atoms with E-state index in [-0.39, 0.29) is 5.91 Å². The van der Waals surface area contributed by atoms with Gasteiger partial charge in [-0.3, -0.25) is 9.78 Å². The number of carbonyl (C=O) groups is 1. The van der Waals surface area contributed by atoms with Crippen LogP contribution < -0.4 is 10.6 Å². The SMILES string of the molecule is Cc1ccc(Nc2nccc(C(=O)NCc3ccccn3)n2)cc1. The first kappa shape index (κ1) is 15.6. The van der Waals surface area contributed by atoms with Crippen molar-refractivity contribution in [3.8, 4) is 0 Å². The fourth-order valence-electron chi connectivity index (χ4n) is 2.08. The number of hydrogen-bond acceptors (Lipinski definition) is 5. The van der Waals surface area contributed by atoms with E-state index in [4.69, 9.17) is 0 Å². The minimum absolute atomic E-state index is 0.269. The van der Waals surface area contributed by atoms with Gasteiger partial charge >= 0.3 is 0 Å². The molecule has 0 bridgehead atoms. The van der Waals surface area contributed by atoms with Crippen molar-refractivity contribution in [3.63, 3.8) is 0 Å². The molecule has 0 aliphatic rings. The van der Waals surface area contributed by atoms with Gasteiger partial charge in [0.25, 0.3) is 5.91 Å². The third-order valence-corrected chi connectivity index (χ3v) is 3.35. The van der Waals surface area contributed by atoms with Crippen molar-refractivity contribution in [2.75, 3.05) is 5.32 Å². The smallest absolute Gasteiger partial charge is 0.270 e. The van der Waals surface area contributed by atoms with Gasteiger partial charge < -0.3 is 10.6 Å². The number of hydrogen-bond donors (Lipinski definition) is 2. The molecule has 1 amide bonds. The van der Waals surface area contributed by atoms with Crippen LogP contribution in [-0.2, 0) is 6.54 Å². The van der Waals surface area contributed by atoms with E-state index < -0.39 is 0 Å². The highest BCUT2D eigenvalue weighted by molar-refractivity contribution is 5.92. The van der Waals surface area contributed by atoms with Crippen LogP contribution in [0.2, 0.25) is 0 Å². The molecule has 0 saturated carbocycles. The largest absolute Gasteiger partial charge is 0.345 e. The summed E-state index contributed by atoms with van der Waals surface area (Å²) in [4.78, 5) is 24.8. The molecule has 6 heteroatoms. The van der Waals surface area contributed by atoms with Crippen molar-refractivity contribution in [1.29, 1.82) is 0 Å². The van der Waals surface area contributed by atoms with Crippen LogP contribution in [0.1, 0.15) is 21.7 Å². The number of nitrogens with one attached hydrogen (secondary N) is 2. The Balaban J connectivity index is 1.65. The van der Waals surface area contributed by atoms with E-state index in [9.17, 15) is 4.79 Å². The Hall–Kier alpha value is -3.28. The predicted molar refractivity (Wildman–Crippen MR) is 91.9 cm³/mol. The maximum absolute atomic E-state index is 12.2. The molecule has 2 heterocycles. The number of anilines is 2. The minimum atomic E-state index is -0.269. The number of aromatic nitrogens is 3. The second-order valence-electron chi connectivity index (χ2n) is 5.26. The van der Waals surface area contributed by atoms with Crippen molar-refractivity contribution in [3.05, 3.63) is 77.9 Å². The Morgan fingerprint density at radius 1 is 1.00 bits per heavy atom. The monoisotopic (exact) mass is 319 g/mol. The van der Waals surface area contributed by atoms with E-state index in [2.05, 4.69) is 25.6 Å². The zero-order chi connectivity index (χ0) is 16.8. The van der Waals surface area contributed by atoms with E-state index in [0.717, 1.165) is 11.4 Å². The normalized spacial score (nSPS) is 10.2. The Kier molecular flexibility index (Phi) is 4.76. The molecule has 0 saturated heterocycles. The molecule has 3 rings (SSSR count). The van der Waals surface area contributed by atoms with Gasteiger partial charge in [0, 0.05) is 18.1 Å². The fourth-order valence-corrected chi connectivity index (χ4v) is 2.08. The van der Waals surface area contributed by atoms with E-state index in [1.54, 1.807) is 18.5 Å². The lowest BCUT2D eigenvalue weighted by molar-refractivity contribution is 0.0945. The molecular formula is C18H17N5O. The number of rotatable bonds is 5. The molecule has 0 radical (unpaired) electrons. The van der Waals surface area contributed by atoms with Crippen LogP contribution in [0.3, 0.4) is 0 Å². The molecule has 0 aliphatic carbocycles. The van der Waals surface area contributed by atoms with E-state index in [0.29, 0.717) is 18.2 Å². The molecule has 0 unspecified atom stereocenters. The zero-order valence-corrected chi connectivity index (χ0v) is 13.2. The molecule has 6 nitrogen and oxygen atoms in total. The summed E-state index contributed by atoms with van der Waals surface area (Å²) in [5, 5.41) is 5.88. The third kappa shape index (κ3) is 4.13. The number of amides is 1. The second-order valence-corrected chi connectivity index (χ2v) is 5.26. The Bertz CT molecular complexity index is 818. The summed E-state index contributed by atoms with van der Waals surface area (Å²) < 4.78 is 0. The summed E-state index contributed by atoms with van der Waals surface area (Å²) in [6.07, 6.45) is 3.25. The minimum Gasteiger partial charge on any atom is -0.345 e. The van der Waals surface area contributed by atoms with Gasteiger partial charge in [-0.2, -0.15) is 0 Å². The van der Waals surface area contributed by atoms with Gasteiger partial charge in [0.05, 0.1) is 12.2 Å². The van der Waals surface area contributed by atoms with Gasteiger partial charge in [-0.05, 0) is 37.3 Å². The second kappa shape index (κ2) is 7.32. The van der Waals surface area contributed by atoms with Crippen molar-refractivity contribution in [1.82, 2.24) is 20.3 Å². The zero-order valence-electron chi connectivity index (χ0n) is 13.2. The quantitative estimate of drug-likeness (QED) is 0.756. The van der Waals surface area contributed by atoms with Crippen LogP contribution in [-0.4, -0.2) is 20.9 Å². The predicted octanol–water partition coefficient (Wildman–Crippen LogP) is 2.85. The summed E-state index contributed by atoms with van der Waals surface area (Å²) in [6.45, 7) is 2.37. The first-order chi connectivity index (χ1) is 11.7. The van der Waals surface area contributed by atoms with Gasteiger partial charge in [-0.25, -0.2) is 9.97 Å². The molecule has 0 fully saturated rings. The molecule has 120 valence electrons. The first-order valence-corrected chi connectivity index (χ1v) is 7.55. The molecule has 0 aliphatic heterocycles. The standard InChI is InChI=1S/C18H17N5O/c1-13-5-7-14(8-6-13)22-18-20-11-9-16(23-18)17(24)21-12-15-4-2-3-10-19-15/h2-11H,12H2,1H3,(H,21,24)(H,20,22,23). The van der Waals surface area contributed by atoms with E-state index in [1.807, 2.05) is 49.4 Å². The molecule has 1 aromatic carbocycles. The molecule has 2 N–H and O–H groups in total.